The molecule has 0 aliphatic carbocycles. The number of rotatable bonds is 5. The lowest BCUT2D eigenvalue weighted by Crippen LogP contribution is -2.36. The molecule has 31 heavy (non-hydrogen) atoms. The van der Waals surface area contributed by atoms with E-state index in [2.05, 4.69) is 32.7 Å². The van der Waals surface area contributed by atoms with Crippen molar-refractivity contribution >= 4 is 46.0 Å². The molecule has 0 spiro atoms. The molecule has 2 aliphatic heterocycles. The number of ether oxygens (including phenoxy) is 1. The first-order chi connectivity index (χ1) is 15.2. The van der Waals surface area contributed by atoms with E-state index in [0.29, 0.717) is 22.3 Å². The molecule has 9 heteroatoms. The molecular formula is C22H22N6O2S. The van der Waals surface area contributed by atoms with Gasteiger partial charge in [0.25, 0.3) is 0 Å². The summed E-state index contributed by atoms with van der Waals surface area (Å²) in [7, 11) is 0. The number of morpholine rings is 1. The Morgan fingerprint density at radius 3 is 2.71 bits per heavy atom. The zero-order valence-electron chi connectivity index (χ0n) is 16.7. The number of fused-ring (bicyclic) bond motifs is 1. The Hall–Kier alpha value is -3.43. The monoisotopic (exact) mass is 434 g/mol. The predicted molar refractivity (Wildman–Crippen MR) is 123 cm³/mol. The van der Waals surface area contributed by atoms with Crippen molar-refractivity contribution in [3.8, 4) is 11.4 Å². The summed E-state index contributed by atoms with van der Waals surface area (Å²) in [6, 6.07) is 9.67. The van der Waals surface area contributed by atoms with E-state index in [0.717, 1.165) is 55.1 Å². The summed E-state index contributed by atoms with van der Waals surface area (Å²) >= 11 is 1.37. The van der Waals surface area contributed by atoms with Crippen molar-refractivity contribution in [2.45, 2.75) is 6.04 Å². The maximum Gasteiger partial charge on any atom is 0.180 e. The van der Waals surface area contributed by atoms with Crippen LogP contribution in [-0.2, 0) is 9.53 Å². The molecule has 0 bridgehead atoms. The summed E-state index contributed by atoms with van der Waals surface area (Å²) in [5, 5.41) is 8.86. The fourth-order valence-electron chi connectivity index (χ4n) is 3.82. The highest BCUT2D eigenvalue weighted by Gasteiger charge is 2.23. The maximum atomic E-state index is 11.7. The second kappa shape index (κ2) is 8.37. The van der Waals surface area contributed by atoms with Crippen LogP contribution in [0.15, 0.2) is 41.9 Å². The van der Waals surface area contributed by atoms with Crippen molar-refractivity contribution in [3.05, 3.63) is 53.0 Å². The summed E-state index contributed by atoms with van der Waals surface area (Å²) in [6.07, 6.45) is 4.60. The van der Waals surface area contributed by atoms with Gasteiger partial charge in [0.15, 0.2) is 5.13 Å². The first-order valence-corrected chi connectivity index (χ1v) is 10.9. The van der Waals surface area contributed by atoms with Crippen LogP contribution in [0.3, 0.4) is 0 Å². The molecule has 8 nitrogen and oxygen atoms in total. The van der Waals surface area contributed by atoms with Crippen molar-refractivity contribution < 1.29 is 9.53 Å². The van der Waals surface area contributed by atoms with Gasteiger partial charge in [-0.15, -0.1) is 11.3 Å². The van der Waals surface area contributed by atoms with Crippen LogP contribution in [0.1, 0.15) is 17.2 Å². The number of anilines is 4. The van der Waals surface area contributed by atoms with Crippen LogP contribution in [0.2, 0.25) is 0 Å². The molecule has 1 unspecified atom stereocenters. The van der Waals surface area contributed by atoms with Crippen LogP contribution < -0.4 is 21.3 Å². The zero-order valence-corrected chi connectivity index (χ0v) is 17.6. The SMILES string of the molecule is Nc1nc(-c2cc3c(c(Nc4ccc(N5CCOCC5)cc4)n2)C(C=O)NC=C3)cs1. The lowest BCUT2D eigenvalue weighted by molar-refractivity contribution is -0.109. The second-order valence-corrected chi connectivity index (χ2v) is 8.20. The number of carbonyl (C=O) groups is 1. The number of hydrogen-bond acceptors (Lipinski definition) is 9. The van der Waals surface area contributed by atoms with Gasteiger partial charge in [0.2, 0.25) is 0 Å². The molecule has 1 saturated heterocycles. The van der Waals surface area contributed by atoms with Crippen molar-refractivity contribution in [1.29, 1.82) is 0 Å². The number of nitrogens with two attached hydrogens (primary N) is 1. The molecule has 5 rings (SSSR count). The van der Waals surface area contributed by atoms with Gasteiger partial charge in [0, 0.05) is 35.4 Å². The van der Waals surface area contributed by atoms with E-state index in [1.165, 1.54) is 11.3 Å². The zero-order chi connectivity index (χ0) is 21.2. The van der Waals surface area contributed by atoms with Gasteiger partial charge < -0.3 is 30.8 Å². The molecule has 4 N–H and O–H groups in total. The number of hydrogen-bond donors (Lipinski definition) is 3. The highest BCUT2D eigenvalue weighted by molar-refractivity contribution is 7.13. The molecular weight excluding hydrogens is 412 g/mol. The summed E-state index contributed by atoms with van der Waals surface area (Å²) < 4.78 is 5.43. The van der Waals surface area contributed by atoms with E-state index >= 15 is 0 Å². The second-order valence-electron chi connectivity index (χ2n) is 7.32. The number of thiazole rings is 1. The van der Waals surface area contributed by atoms with Gasteiger partial charge in [0.1, 0.15) is 23.8 Å². The standard InChI is InChI=1S/C22H22N6O2S/c23-22-27-19(13-31-22)17-11-14-5-6-24-18(12-29)20(14)21(26-17)25-15-1-3-16(4-2-15)28-7-9-30-10-8-28/h1-6,11-13,18,24H,7-10H2,(H2,23,27)(H,25,26). The molecule has 3 aromatic rings. The van der Waals surface area contributed by atoms with E-state index in [1.807, 2.05) is 29.7 Å². The number of nitrogens with zero attached hydrogens (tertiary/aromatic N) is 3. The summed E-state index contributed by atoms with van der Waals surface area (Å²) in [5.74, 6) is 0.618. The number of nitrogens with one attached hydrogen (secondary N) is 2. The minimum atomic E-state index is -0.475. The van der Waals surface area contributed by atoms with Gasteiger partial charge in [-0.1, -0.05) is 0 Å². The topological polar surface area (TPSA) is 105 Å². The maximum absolute atomic E-state index is 11.7. The van der Waals surface area contributed by atoms with Crippen LogP contribution in [0.4, 0.5) is 22.3 Å². The normalized spacial score (nSPS) is 17.7. The molecule has 0 amide bonds. The smallest absolute Gasteiger partial charge is 0.180 e. The summed E-state index contributed by atoms with van der Waals surface area (Å²) in [5.41, 5.74) is 11.0. The number of nitrogen functional groups attached to an aromatic ring is 1. The van der Waals surface area contributed by atoms with E-state index in [4.69, 9.17) is 15.5 Å². The molecule has 2 aromatic heterocycles. The number of benzene rings is 1. The van der Waals surface area contributed by atoms with E-state index in [1.54, 1.807) is 6.20 Å². The van der Waals surface area contributed by atoms with Crippen molar-refractivity contribution in [2.75, 3.05) is 42.3 Å². The van der Waals surface area contributed by atoms with E-state index in [9.17, 15) is 4.79 Å². The molecule has 0 saturated carbocycles. The van der Waals surface area contributed by atoms with Crippen LogP contribution in [0.5, 0.6) is 0 Å². The Bertz CT molecular complexity index is 1120. The summed E-state index contributed by atoms with van der Waals surface area (Å²) in [6.45, 7) is 3.27. The van der Waals surface area contributed by atoms with Crippen LogP contribution in [-0.4, -0.2) is 42.6 Å². The Morgan fingerprint density at radius 2 is 2.00 bits per heavy atom. The summed E-state index contributed by atoms with van der Waals surface area (Å²) in [4.78, 5) is 23.2. The molecule has 1 aromatic carbocycles. The van der Waals surface area contributed by atoms with Gasteiger partial charge in [-0.2, -0.15) is 0 Å². The Balaban J connectivity index is 1.50. The molecule has 1 atom stereocenters. The first kappa shape index (κ1) is 19.5. The van der Waals surface area contributed by atoms with Crippen molar-refractivity contribution in [2.24, 2.45) is 0 Å². The fourth-order valence-corrected chi connectivity index (χ4v) is 4.37. The first-order valence-electron chi connectivity index (χ1n) is 10.1. The number of pyridine rings is 1. The van der Waals surface area contributed by atoms with Crippen LogP contribution in [0, 0.1) is 0 Å². The Morgan fingerprint density at radius 1 is 1.19 bits per heavy atom. The number of aldehydes is 1. The third-order valence-corrected chi connectivity index (χ3v) is 6.04. The van der Waals surface area contributed by atoms with Crippen LogP contribution >= 0.6 is 11.3 Å². The largest absolute Gasteiger partial charge is 0.378 e. The fraction of sp³-hybridized carbons (Fsp3) is 0.227. The predicted octanol–water partition coefficient (Wildman–Crippen LogP) is 3.18. The number of carbonyl (C=O) groups excluding carboxylic acids is 1. The van der Waals surface area contributed by atoms with Gasteiger partial charge in [-0.25, -0.2) is 9.97 Å². The van der Waals surface area contributed by atoms with Crippen LogP contribution in [0.25, 0.3) is 17.5 Å². The number of aromatic nitrogens is 2. The average Bonchev–Trinajstić information content (AvgIpc) is 3.26. The van der Waals surface area contributed by atoms with E-state index in [-0.39, 0.29) is 0 Å². The van der Waals surface area contributed by atoms with Gasteiger partial charge >= 0.3 is 0 Å². The quantitative estimate of drug-likeness (QED) is 0.526. The molecule has 2 aliphatic rings. The Labute approximate surface area is 183 Å². The van der Waals surface area contributed by atoms with Crippen molar-refractivity contribution in [3.63, 3.8) is 0 Å². The lowest BCUT2D eigenvalue weighted by Gasteiger charge is -2.29. The van der Waals surface area contributed by atoms with Gasteiger partial charge in [-0.05, 0) is 48.2 Å². The third-order valence-electron chi connectivity index (χ3n) is 5.37. The van der Waals surface area contributed by atoms with Gasteiger partial charge in [-0.3, -0.25) is 0 Å². The molecule has 158 valence electrons. The molecule has 4 heterocycles. The van der Waals surface area contributed by atoms with Crippen molar-refractivity contribution in [1.82, 2.24) is 15.3 Å². The van der Waals surface area contributed by atoms with Gasteiger partial charge in [0.05, 0.1) is 18.9 Å². The highest BCUT2D eigenvalue weighted by atomic mass is 32.1. The highest BCUT2D eigenvalue weighted by Crippen LogP contribution is 2.34. The third kappa shape index (κ3) is 3.97. The minimum absolute atomic E-state index is 0.475. The Kier molecular flexibility index (Phi) is 5.27. The molecule has 0 radical (unpaired) electrons. The lowest BCUT2D eigenvalue weighted by atomic mass is 9.98. The average molecular weight is 435 g/mol. The minimum Gasteiger partial charge on any atom is -0.378 e. The molecule has 1 fully saturated rings. The van der Waals surface area contributed by atoms with E-state index < -0.39 is 6.04 Å².